The van der Waals surface area contributed by atoms with Crippen molar-refractivity contribution in [1.29, 1.82) is 0 Å². The summed E-state index contributed by atoms with van der Waals surface area (Å²) in [5.74, 6) is -0.600. The highest BCUT2D eigenvalue weighted by molar-refractivity contribution is 7.90. The number of hydrogen-bond donors (Lipinski definition) is 4. The number of hydrogen-bond acceptors (Lipinski definition) is 14. The van der Waals surface area contributed by atoms with E-state index in [1.165, 1.54) is 36.3 Å². The number of benzene rings is 1. The lowest BCUT2D eigenvalue weighted by Crippen LogP contribution is -2.80. The van der Waals surface area contributed by atoms with E-state index in [-0.39, 0.29) is 17.9 Å². The fourth-order valence-electron chi connectivity index (χ4n) is 6.49. The standard InChI is InChI=1S/C37H56N8O13S/c1-33(2,3)55-29(48)40-26-39-25-23(20-38-27(47)42-59(52,53)22-16-14-21(54-13)15-17-22)44(31(50)57-35(7,8)9)28(41-30(49)56-34(4,5)6)43-19-18-24(46)37(25,43)45(26)32(51)58-36(10,11)12/h14-17,23-25,46H,18-20H2,1-13H3,(H2,38,42,47)(H,39,40,48)/b41-28+/t23-,24-,25-,37-/m0/s1. The van der Waals surface area contributed by atoms with E-state index in [1.807, 2.05) is 4.72 Å². The van der Waals surface area contributed by atoms with Gasteiger partial charge in [-0.25, -0.2) is 51.9 Å². The van der Waals surface area contributed by atoms with Crippen LogP contribution in [-0.4, -0.2) is 137 Å². The number of carbonyl (C=O) groups excluding carboxylic acids is 5. The zero-order valence-corrected chi connectivity index (χ0v) is 36.5. The van der Waals surface area contributed by atoms with E-state index in [2.05, 4.69) is 15.6 Å². The second kappa shape index (κ2) is 16.3. The van der Waals surface area contributed by atoms with E-state index in [0.717, 1.165) is 9.80 Å². The van der Waals surface area contributed by atoms with Crippen molar-refractivity contribution in [3.05, 3.63) is 24.3 Å². The minimum absolute atomic E-state index is 0.110. The van der Waals surface area contributed by atoms with Gasteiger partial charge in [0.25, 0.3) is 10.0 Å². The molecule has 1 spiro atoms. The summed E-state index contributed by atoms with van der Waals surface area (Å²) in [7, 11) is -3.07. The lowest BCUT2D eigenvalue weighted by molar-refractivity contribution is -0.0790. The van der Waals surface area contributed by atoms with Gasteiger partial charge in [0.05, 0.1) is 18.0 Å². The molecule has 4 atom stereocenters. The number of ether oxygens (including phenoxy) is 5. The highest BCUT2D eigenvalue weighted by Crippen LogP contribution is 2.48. The number of sulfonamides is 1. The summed E-state index contributed by atoms with van der Waals surface area (Å²) in [5.41, 5.74) is -6.51. The first-order valence-corrected chi connectivity index (χ1v) is 20.2. The Labute approximate surface area is 343 Å². The number of urea groups is 1. The Morgan fingerprint density at radius 3 is 1.92 bits per heavy atom. The first kappa shape index (κ1) is 46.3. The second-order valence-corrected chi connectivity index (χ2v) is 19.6. The van der Waals surface area contributed by atoms with Crippen molar-refractivity contribution in [2.24, 2.45) is 9.98 Å². The summed E-state index contributed by atoms with van der Waals surface area (Å²) >= 11 is 0. The van der Waals surface area contributed by atoms with Crippen LogP contribution in [0.25, 0.3) is 0 Å². The number of methoxy groups -OCH3 is 1. The van der Waals surface area contributed by atoms with Gasteiger partial charge in [-0.1, -0.05) is 0 Å². The third kappa shape index (κ3) is 10.8. The van der Waals surface area contributed by atoms with Crippen LogP contribution in [0.5, 0.6) is 5.75 Å². The van der Waals surface area contributed by atoms with Crippen LogP contribution in [0, 0.1) is 0 Å². The predicted octanol–water partition coefficient (Wildman–Crippen LogP) is 3.86. The first-order chi connectivity index (χ1) is 26.9. The van der Waals surface area contributed by atoms with Crippen molar-refractivity contribution in [2.45, 2.75) is 141 Å². The topological polar surface area (TPSA) is 256 Å². The van der Waals surface area contributed by atoms with Gasteiger partial charge in [-0.3, -0.25) is 5.32 Å². The molecule has 3 heterocycles. The largest absolute Gasteiger partial charge is 0.497 e. The van der Waals surface area contributed by atoms with Crippen LogP contribution in [0.1, 0.15) is 89.5 Å². The highest BCUT2D eigenvalue weighted by atomic mass is 32.2. The van der Waals surface area contributed by atoms with Gasteiger partial charge < -0.3 is 39.0 Å². The molecule has 3 aliphatic rings. The van der Waals surface area contributed by atoms with Crippen molar-refractivity contribution in [2.75, 3.05) is 20.2 Å². The SMILES string of the molecule is COc1ccc(S(=O)(=O)NC(=O)NC[C@H]2[C@@H]3N=C(NC(=O)OC(C)(C)C)N(C(=O)OC(C)(C)C)[C@@]34[C@@H](O)CCN4/C(=N\C(=O)OC(C)(C)C)N2C(=O)OC(C)(C)C)cc1. The first-order valence-electron chi connectivity index (χ1n) is 18.7. The summed E-state index contributed by atoms with van der Waals surface area (Å²) in [5, 5.41) is 17.0. The molecular weight excluding hydrogens is 797 g/mol. The Balaban J connectivity index is 1.95. The number of aliphatic hydroxyl groups excluding tert-OH is 1. The average Bonchev–Trinajstić information content (AvgIpc) is 3.56. The van der Waals surface area contributed by atoms with Crippen molar-refractivity contribution < 1.29 is 61.2 Å². The molecule has 0 aromatic heterocycles. The smallest absolute Gasteiger partial charge is 0.437 e. The fourth-order valence-corrected chi connectivity index (χ4v) is 7.42. The van der Waals surface area contributed by atoms with Gasteiger partial charge in [0.15, 0.2) is 5.66 Å². The van der Waals surface area contributed by atoms with E-state index in [4.69, 9.17) is 28.7 Å². The quantitative estimate of drug-likeness (QED) is 0.307. The third-order valence-electron chi connectivity index (χ3n) is 8.40. The van der Waals surface area contributed by atoms with E-state index in [9.17, 15) is 37.5 Å². The van der Waals surface area contributed by atoms with E-state index in [0.29, 0.717) is 5.75 Å². The van der Waals surface area contributed by atoms with Crippen LogP contribution in [0.3, 0.4) is 0 Å². The van der Waals surface area contributed by atoms with Gasteiger partial charge in [0.1, 0.15) is 40.3 Å². The summed E-state index contributed by atoms with van der Waals surface area (Å²) in [6, 6.07) is 0.890. The summed E-state index contributed by atoms with van der Waals surface area (Å²) in [4.78, 5) is 80.8. The van der Waals surface area contributed by atoms with Crippen LogP contribution in [0.2, 0.25) is 0 Å². The van der Waals surface area contributed by atoms with Crippen molar-refractivity contribution >= 4 is 52.3 Å². The number of aliphatic hydroxyl groups is 1. The number of rotatable bonds is 5. The Morgan fingerprint density at radius 2 is 1.39 bits per heavy atom. The minimum atomic E-state index is -4.47. The maximum atomic E-state index is 14.4. The van der Waals surface area contributed by atoms with Crippen LogP contribution < -0.4 is 20.1 Å². The van der Waals surface area contributed by atoms with Crippen molar-refractivity contribution in [3.63, 3.8) is 0 Å². The second-order valence-electron chi connectivity index (χ2n) is 17.9. The van der Waals surface area contributed by atoms with Crippen LogP contribution in [-0.2, 0) is 29.0 Å². The number of nitrogens with zero attached hydrogens (tertiary/aromatic N) is 5. The van der Waals surface area contributed by atoms with Crippen molar-refractivity contribution in [1.82, 2.24) is 30.1 Å². The molecule has 0 aliphatic carbocycles. The molecular formula is C37H56N8O13S. The molecule has 21 nitrogen and oxygen atoms in total. The molecule has 328 valence electrons. The van der Waals surface area contributed by atoms with Gasteiger partial charge in [-0.05, 0) is 114 Å². The van der Waals surface area contributed by atoms with Gasteiger partial charge in [-0.2, -0.15) is 0 Å². The number of carbonyl (C=O) groups is 5. The number of nitrogens with one attached hydrogen (secondary N) is 3. The molecule has 4 N–H and O–H groups in total. The fraction of sp³-hybridized carbons (Fsp3) is 0.649. The Kier molecular flexibility index (Phi) is 12.8. The van der Waals surface area contributed by atoms with E-state index < -0.39 is 105 Å². The highest BCUT2D eigenvalue weighted by Gasteiger charge is 2.72. The molecule has 0 saturated carbocycles. The average molecular weight is 853 g/mol. The van der Waals surface area contributed by atoms with Crippen LogP contribution in [0.15, 0.2) is 39.1 Å². The normalized spacial score (nSPS) is 22.7. The van der Waals surface area contributed by atoms with Gasteiger partial charge in [0.2, 0.25) is 11.9 Å². The van der Waals surface area contributed by atoms with E-state index in [1.54, 1.807) is 83.1 Å². The number of alkyl carbamates (subject to hydrolysis) is 1. The molecule has 2 saturated heterocycles. The maximum Gasteiger partial charge on any atom is 0.437 e. The summed E-state index contributed by atoms with van der Waals surface area (Å²) in [6.45, 7) is 18.2. The predicted molar refractivity (Wildman–Crippen MR) is 211 cm³/mol. The molecule has 1 aromatic carbocycles. The van der Waals surface area contributed by atoms with Crippen LogP contribution >= 0.6 is 0 Å². The van der Waals surface area contributed by atoms with Gasteiger partial charge in [0, 0.05) is 13.1 Å². The van der Waals surface area contributed by atoms with Gasteiger partial charge >= 0.3 is 30.4 Å². The number of amides is 6. The molecule has 59 heavy (non-hydrogen) atoms. The van der Waals surface area contributed by atoms with E-state index >= 15 is 0 Å². The lowest BCUT2D eigenvalue weighted by atomic mass is 9.86. The zero-order valence-electron chi connectivity index (χ0n) is 35.7. The molecule has 0 radical (unpaired) electrons. The Bertz CT molecular complexity index is 1980. The lowest BCUT2D eigenvalue weighted by Gasteiger charge is -2.55. The monoisotopic (exact) mass is 852 g/mol. The molecule has 0 unspecified atom stereocenters. The van der Waals surface area contributed by atoms with Crippen molar-refractivity contribution in [3.8, 4) is 5.75 Å². The number of aliphatic imine (C=N–C) groups is 2. The Morgan fingerprint density at radius 1 is 0.847 bits per heavy atom. The summed E-state index contributed by atoms with van der Waals surface area (Å²) in [6.07, 6.45) is -6.12. The van der Waals surface area contributed by atoms with Crippen LogP contribution in [0.4, 0.5) is 24.0 Å². The molecule has 4 rings (SSSR count). The molecule has 22 heteroatoms. The molecule has 1 aromatic rings. The maximum absolute atomic E-state index is 14.4. The zero-order chi connectivity index (χ0) is 44.7. The molecule has 3 aliphatic heterocycles. The minimum Gasteiger partial charge on any atom is -0.497 e. The van der Waals surface area contributed by atoms with Gasteiger partial charge in [-0.15, -0.1) is 4.99 Å². The molecule has 2 fully saturated rings. The summed E-state index contributed by atoms with van der Waals surface area (Å²) < 4.78 is 56.0. The molecule has 6 amide bonds. The Hall–Kier alpha value is -5.38. The molecule has 0 bridgehead atoms. The number of guanidine groups is 2. The third-order valence-corrected chi connectivity index (χ3v) is 9.75.